The van der Waals surface area contributed by atoms with Crippen molar-refractivity contribution in [3.8, 4) is 0 Å². The highest BCUT2D eigenvalue weighted by atomic mass is 35.5. The zero-order valence-corrected chi connectivity index (χ0v) is 15.0. The molecule has 0 spiro atoms. The Labute approximate surface area is 157 Å². The molecule has 0 bridgehead atoms. The first-order valence-corrected chi connectivity index (χ1v) is 8.89. The topological polar surface area (TPSA) is 33.1 Å². The van der Waals surface area contributed by atoms with Gasteiger partial charge in [-0.2, -0.15) is 0 Å². The van der Waals surface area contributed by atoms with Crippen molar-refractivity contribution in [3.05, 3.63) is 83.4 Å². The molecule has 1 N–H and O–H groups in total. The summed E-state index contributed by atoms with van der Waals surface area (Å²) < 4.78 is 2.27. The number of benzene rings is 1. The molecule has 3 aromatic rings. The van der Waals surface area contributed by atoms with Crippen LogP contribution in [0.3, 0.4) is 0 Å². The summed E-state index contributed by atoms with van der Waals surface area (Å²) in [6, 6.07) is 15.9. The Morgan fingerprint density at radius 3 is 2.88 bits per heavy atom. The second kappa shape index (κ2) is 6.86. The lowest BCUT2D eigenvalue weighted by atomic mass is 10.0. The van der Waals surface area contributed by atoms with Crippen LogP contribution in [0.1, 0.15) is 17.3 Å². The Hall–Kier alpha value is -2.37. The molecule has 0 aliphatic carbocycles. The number of nitrogens with one attached hydrogen (secondary N) is 1. The van der Waals surface area contributed by atoms with E-state index in [1.54, 1.807) is 6.20 Å². The van der Waals surface area contributed by atoms with Gasteiger partial charge in [-0.25, -0.2) is 0 Å². The van der Waals surface area contributed by atoms with Gasteiger partial charge in [0, 0.05) is 48.1 Å². The number of hydrogen-bond donors (Lipinski definition) is 1. The monoisotopic (exact) mass is 368 g/mol. The van der Waals surface area contributed by atoms with E-state index in [1.807, 2.05) is 36.5 Å². The molecule has 0 saturated heterocycles. The van der Waals surface area contributed by atoms with Gasteiger partial charge in [-0.3, -0.25) is 4.98 Å². The van der Waals surface area contributed by atoms with E-state index in [-0.39, 0.29) is 6.04 Å². The number of fused-ring (bicyclic) bond motifs is 1. The van der Waals surface area contributed by atoms with Gasteiger partial charge < -0.3 is 14.8 Å². The van der Waals surface area contributed by atoms with Crippen LogP contribution in [0.15, 0.2) is 67.1 Å². The number of rotatable bonds is 2. The number of pyridine rings is 1. The number of hydrogen-bond acceptors (Lipinski definition) is 2. The third kappa shape index (κ3) is 3.25. The van der Waals surface area contributed by atoms with Gasteiger partial charge in [0.2, 0.25) is 0 Å². The van der Waals surface area contributed by atoms with Crippen LogP contribution in [-0.4, -0.2) is 26.1 Å². The summed E-state index contributed by atoms with van der Waals surface area (Å²) in [5.74, 6) is 0. The van der Waals surface area contributed by atoms with Gasteiger partial charge in [0.1, 0.15) is 0 Å². The van der Waals surface area contributed by atoms with Gasteiger partial charge in [0.25, 0.3) is 0 Å². The minimum atomic E-state index is 0.0386. The Balaban J connectivity index is 1.66. The number of thiocarbonyl (C=S) groups is 1. The summed E-state index contributed by atoms with van der Waals surface area (Å²) in [5.41, 5.74) is 3.23. The molecule has 6 heteroatoms. The van der Waals surface area contributed by atoms with Crippen molar-refractivity contribution in [2.75, 3.05) is 11.9 Å². The lowest BCUT2D eigenvalue weighted by Gasteiger charge is -2.38. The summed E-state index contributed by atoms with van der Waals surface area (Å²) in [4.78, 5) is 6.50. The molecule has 1 atom stereocenters. The predicted molar refractivity (Wildman–Crippen MR) is 105 cm³/mol. The molecular formula is C19H17ClN4S. The van der Waals surface area contributed by atoms with Crippen LogP contribution < -0.4 is 5.32 Å². The highest BCUT2D eigenvalue weighted by Crippen LogP contribution is 2.32. The van der Waals surface area contributed by atoms with E-state index in [4.69, 9.17) is 23.8 Å². The Kier molecular flexibility index (Phi) is 4.42. The first kappa shape index (κ1) is 16.1. The molecule has 1 unspecified atom stereocenters. The fourth-order valence-corrected chi connectivity index (χ4v) is 3.76. The molecule has 126 valence electrons. The van der Waals surface area contributed by atoms with Gasteiger partial charge in [-0.05, 0) is 54.2 Å². The van der Waals surface area contributed by atoms with E-state index >= 15 is 0 Å². The van der Waals surface area contributed by atoms with Crippen molar-refractivity contribution >= 4 is 34.6 Å². The number of aromatic nitrogens is 2. The predicted octanol–water partition coefficient (Wildman–Crippen LogP) is 4.34. The van der Waals surface area contributed by atoms with E-state index in [1.165, 1.54) is 5.69 Å². The van der Waals surface area contributed by atoms with Crippen LogP contribution in [0.5, 0.6) is 0 Å². The summed E-state index contributed by atoms with van der Waals surface area (Å²) >= 11 is 11.8. The summed E-state index contributed by atoms with van der Waals surface area (Å²) in [6.07, 6.45) is 5.81. The van der Waals surface area contributed by atoms with E-state index in [9.17, 15) is 0 Å². The maximum atomic E-state index is 6.08. The SMILES string of the molecule is S=C(Nc1cccc(Cl)c1)N1CCn2cccc2C1c1cccnc1. The third-order valence-corrected chi connectivity index (χ3v) is 4.95. The van der Waals surface area contributed by atoms with Crippen molar-refractivity contribution in [1.29, 1.82) is 0 Å². The summed E-state index contributed by atoms with van der Waals surface area (Å²) in [6.45, 7) is 1.73. The van der Waals surface area contributed by atoms with Crippen LogP contribution in [0.2, 0.25) is 5.02 Å². The molecule has 4 nitrogen and oxygen atoms in total. The van der Waals surface area contributed by atoms with Crippen molar-refractivity contribution < 1.29 is 0 Å². The molecule has 1 aliphatic heterocycles. The molecule has 0 radical (unpaired) electrons. The lowest BCUT2D eigenvalue weighted by molar-refractivity contribution is 0.293. The molecule has 0 saturated carbocycles. The van der Waals surface area contributed by atoms with E-state index in [0.29, 0.717) is 10.1 Å². The van der Waals surface area contributed by atoms with Gasteiger partial charge in [0.15, 0.2) is 5.11 Å². The highest BCUT2D eigenvalue weighted by molar-refractivity contribution is 7.80. The Morgan fingerprint density at radius 2 is 2.08 bits per heavy atom. The normalized spacial score (nSPS) is 16.4. The van der Waals surface area contributed by atoms with Crippen molar-refractivity contribution in [3.63, 3.8) is 0 Å². The molecule has 0 amide bonds. The maximum Gasteiger partial charge on any atom is 0.174 e. The van der Waals surface area contributed by atoms with Gasteiger partial charge in [-0.1, -0.05) is 23.7 Å². The van der Waals surface area contributed by atoms with Crippen LogP contribution in [-0.2, 0) is 6.54 Å². The van der Waals surface area contributed by atoms with Crippen molar-refractivity contribution in [2.24, 2.45) is 0 Å². The Morgan fingerprint density at radius 1 is 1.16 bits per heavy atom. The lowest BCUT2D eigenvalue weighted by Crippen LogP contribution is -2.44. The van der Waals surface area contributed by atoms with E-state index < -0.39 is 0 Å². The minimum Gasteiger partial charge on any atom is -0.348 e. The number of nitrogens with zero attached hydrogens (tertiary/aromatic N) is 3. The van der Waals surface area contributed by atoms with Crippen LogP contribution in [0.25, 0.3) is 0 Å². The smallest absolute Gasteiger partial charge is 0.174 e. The van der Waals surface area contributed by atoms with Gasteiger partial charge in [-0.15, -0.1) is 0 Å². The number of anilines is 1. The maximum absolute atomic E-state index is 6.08. The quantitative estimate of drug-likeness (QED) is 0.682. The zero-order chi connectivity index (χ0) is 17.2. The molecular weight excluding hydrogens is 352 g/mol. The van der Waals surface area contributed by atoms with Gasteiger partial charge >= 0.3 is 0 Å². The largest absolute Gasteiger partial charge is 0.348 e. The molecule has 2 aromatic heterocycles. The molecule has 3 heterocycles. The van der Waals surface area contributed by atoms with Gasteiger partial charge in [0.05, 0.1) is 6.04 Å². The average molecular weight is 369 g/mol. The molecule has 1 aromatic carbocycles. The van der Waals surface area contributed by atoms with Crippen LogP contribution in [0.4, 0.5) is 5.69 Å². The first-order chi connectivity index (χ1) is 12.2. The highest BCUT2D eigenvalue weighted by Gasteiger charge is 2.30. The van der Waals surface area contributed by atoms with E-state index in [2.05, 4.69) is 44.2 Å². The molecule has 4 rings (SSSR count). The van der Waals surface area contributed by atoms with Crippen LogP contribution in [0, 0.1) is 0 Å². The standard InChI is InChI=1S/C19H17ClN4S/c20-15-5-1-6-16(12-15)22-19(25)24-11-10-23-9-3-7-17(23)18(24)14-4-2-8-21-13-14/h1-9,12-13,18H,10-11H2,(H,22,25). The number of halogens is 1. The minimum absolute atomic E-state index is 0.0386. The molecule has 25 heavy (non-hydrogen) atoms. The average Bonchev–Trinajstić information content (AvgIpc) is 3.10. The summed E-state index contributed by atoms with van der Waals surface area (Å²) in [5, 5.41) is 4.69. The summed E-state index contributed by atoms with van der Waals surface area (Å²) in [7, 11) is 0. The third-order valence-electron chi connectivity index (χ3n) is 4.38. The van der Waals surface area contributed by atoms with Crippen molar-refractivity contribution in [1.82, 2.24) is 14.5 Å². The zero-order valence-electron chi connectivity index (χ0n) is 13.5. The fraction of sp³-hybridized carbons (Fsp3) is 0.158. The molecule has 0 fully saturated rings. The first-order valence-electron chi connectivity index (χ1n) is 8.10. The molecule has 1 aliphatic rings. The van der Waals surface area contributed by atoms with E-state index in [0.717, 1.165) is 24.3 Å². The second-order valence-corrected chi connectivity index (χ2v) is 6.77. The fourth-order valence-electron chi connectivity index (χ4n) is 3.25. The second-order valence-electron chi connectivity index (χ2n) is 5.95. The van der Waals surface area contributed by atoms with Crippen molar-refractivity contribution in [2.45, 2.75) is 12.6 Å². The Bertz CT molecular complexity index is 893. The van der Waals surface area contributed by atoms with Crippen LogP contribution >= 0.6 is 23.8 Å².